The third-order valence-electron chi connectivity index (χ3n) is 4.31. The summed E-state index contributed by atoms with van der Waals surface area (Å²) < 4.78 is 12.9. The lowest BCUT2D eigenvalue weighted by atomic mass is 9.95. The largest absolute Gasteiger partial charge is 0.309 e. The molecule has 3 rings (SSSR count). The average molecular weight is 339 g/mol. The third kappa shape index (κ3) is 4.58. The van der Waals surface area contributed by atoms with Gasteiger partial charge in [-0.3, -0.25) is 9.69 Å². The molecule has 1 fully saturated rings. The minimum Gasteiger partial charge on any atom is -0.309 e. The minimum absolute atomic E-state index is 0.0677. The van der Waals surface area contributed by atoms with E-state index in [1.165, 1.54) is 18.2 Å². The molecule has 0 saturated carbocycles. The second kappa shape index (κ2) is 7.81. The van der Waals surface area contributed by atoms with Gasteiger partial charge in [0.1, 0.15) is 11.9 Å². The molecule has 0 spiro atoms. The van der Waals surface area contributed by atoms with Crippen molar-refractivity contribution in [3.8, 4) is 6.07 Å². The van der Waals surface area contributed by atoms with Crippen molar-refractivity contribution in [2.75, 3.05) is 18.4 Å². The Balaban J connectivity index is 1.48. The molecule has 6 nitrogen and oxygen atoms in total. The molecular formula is C18H18FN5O. The van der Waals surface area contributed by atoms with E-state index in [1.54, 1.807) is 18.2 Å². The molecule has 25 heavy (non-hydrogen) atoms. The molecule has 0 radical (unpaired) electrons. The van der Waals surface area contributed by atoms with Crippen LogP contribution in [0.5, 0.6) is 0 Å². The number of carbonyl (C=O) groups excluding carboxylic acids is 1. The first-order valence-electron chi connectivity index (χ1n) is 8.15. The van der Waals surface area contributed by atoms with E-state index < -0.39 is 0 Å². The zero-order valence-electron chi connectivity index (χ0n) is 13.7. The van der Waals surface area contributed by atoms with Crippen LogP contribution < -0.4 is 5.32 Å². The van der Waals surface area contributed by atoms with Gasteiger partial charge in [-0.25, -0.2) is 4.39 Å². The lowest BCUT2D eigenvalue weighted by Gasteiger charge is -2.31. The molecule has 0 atom stereocenters. The summed E-state index contributed by atoms with van der Waals surface area (Å²) in [7, 11) is 0. The number of nitrogens with zero attached hydrogens (tertiary/aromatic N) is 4. The van der Waals surface area contributed by atoms with Crippen LogP contribution in [0.15, 0.2) is 36.4 Å². The number of hydrogen-bond acceptors (Lipinski definition) is 5. The van der Waals surface area contributed by atoms with Crippen LogP contribution in [-0.4, -0.2) is 34.1 Å². The Kier molecular flexibility index (Phi) is 5.31. The van der Waals surface area contributed by atoms with Gasteiger partial charge in [-0.1, -0.05) is 12.1 Å². The van der Waals surface area contributed by atoms with Gasteiger partial charge in [-0.05, 0) is 55.8 Å². The Hall–Kier alpha value is -2.85. The number of aromatic nitrogens is 2. The Bertz CT molecular complexity index is 762. The van der Waals surface area contributed by atoms with Gasteiger partial charge in [0.15, 0.2) is 11.5 Å². The monoisotopic (exact) mass is 339 g/mol. The second-order valence-corrected chi connectivity index (χ2v) is 6.08. The Morgan fingerprint density at radius 3 is 2.52 bits per heavy atom. The number of benzene rings is 1. The SMILES string of the molecule is N#Cc1ccc(NC(=O)C2CCN(Cc3ccc(F)cc3)CC2)nn1. The lowest BCUT2D eigenvalue weighted by molar-refractivity contribution is -0.121. The quantitative estimate of drug-likeness (QED) is 0.924. The fourth-order valence-corrected chi connectivity index (χ4v) is 2.89. The summed E-state index contributed by atoms with van der Waals surface area (Å²) in [5.41, 5.74) is 1.28. The Labute approximate surface area is 145 Å². The summed E-state index contributed by atoms with van der Waals surface area (Å²) in [6.07, 6.45) is 1.52. The highest BCUT2D eigenvalue weighted by Crippen LogP contribution is 2.20. The Morgan fingerprint density at radius 1 is 1.20 bits per heavy atom. The van der Waals surface area contributed by atoms with Crippen molar-refractivity contribution >= 4 is 11.7 Å². The molecule has 1 aliphatic heterocycles. The molecule has 7 heteroatoms. The van der Waals surface area contributed by atoms with Gasteiger partial charge in [-0.2, -0.15) is 5.26 Å². The van der Waals surface area contributed by atoms with Crippen LogP contribution in [0.25, 0.3) is 0 Å². The first-order chi connectivity index (χ1) is 12.1. The molecule has 128 valence electrons. The number of nitriles is 1. The molecule has 1 N–H and O–H groups in total. The van der Waals surface area contributed by atoms with Gasteiger partial charge in [0.2, 0.25) is 5.91 Å². The van der Waals surface area contributed by atoms with Crippen molar-refractivity contribution in [3.63, 3.8) is 0 Å². The lowest BCUT2D eigenvalue weighted by Crippen LogP contribution is -2.37. The normalized spacial score (nSPS) is 15.5. The van der Waals surface area contributed by atoms with E-state index in [2.05, 4.69) is 20.4 Å². The highest BCUT2D eigenvalue weighted by molar-refractivity contribution is 5.91. The van der Waals surface area contributed by atoms with Crippen molar-refractivity contribution in [1.82, 2.24) is 15.1 Å². The number of carbonyl (C=O) groups is 1. The Morgan fingerprint density at radius 2 is 1.92 bits per heavy atom. The van der Waals surface area contributed by atoms with E-state index in [0.717, 1.165) is 38.0 Å². The smallest absolute Gasteiger partial charge is 0.228 e. The second-order valence-electron chi connectivity index (χ2n) is 6.08. The third-order valence-corrected chi connectivity index (χ3v) is 4.31. The van der Waals surface area contributed by atoms with Crippen molar-refractivity contribution < 1.29 is 9.18 Å². The number of likely N-dealkylation sites (tertiary alicyclic amines) is 1. The first-order valence-corrected chi connectivity index (χ1v) is 8.15. The van der Waals surface area contributed by atoms with Crippen LogP contribution in [0.2, 0.25) is 0 Å². The maximum Gasteiger partial charge on any atom is 0.228 e. The van der Waals surface area contributed by atoms with E-state index in [-0.39, 0.29) is 23.3 Å². The zero-order chi connectivity index (χ0) is 17.6. The van der Waals surface area contributed by atoms with Gasteiger partial charge in [0.25, 0.3) is 0 Å². The number of rotatable bonds is 4. The first kappa shape index (κ1) is 17.0. The number of halogens is 1. The van der Waals surface area contributed by atoms with Crippen LogP contribution >= 0.6 is 0 Å². The van der Waals surface area contributed by atoms with Crippen LogP contribution in [0.3, 0.4) is 0 Å². The predicted octanol–water partition coefficient (Wildman–Crippen LogP) is 2.34. The van der Waals surface area contributed by atoms with Crippen molar-refractivity contribution in [3.05, 3.63) is 53.5 Å². The molecule has 1 aliphatic rings. The number of anilines is 1. The van der Waals surface area contributed by atoms with Crippen molar-refractivity contribution in [1.29, 1.82) is 5.26 Å². The van der Waals surface area contributed by atoms with E-state index in [0.29, 0.717) is 5.82 Å². The summed E-state index contributed by atoms with van der Waals surface area (Å²) in [6.45, 7) is 2.39. The zero-order valence-corrected chi connectivity index (χ0v) is 13.7. The number of amides is 1. The van der Waals surface area contributed by atoms with Gasteiger partial charge in [0.05, 0.1) is 0 Å². The fourth-order valence-electron chi connectivity index (χ4n) is 2.89. The van der Waals surface area contributed by atoms with E-state index in [1.807, 2.05) is 6.07 Å². The van der Waals surface area contributed by atoms with Crippen molar-refractivity contribution in [2.24, 2.45) is 5.92 Å². The summed E-state index contributed by atoms with van der Waals surface area (Å²) in [5.74, 6) is -0.00914. The molecular weight excluding hydrogens is 321 g/mol. The van der Waals surface area contributed by atoms with Crippen molar-refractivity contribution in [2.45, 2.75) is 19.4 Å². The topological polar surface area (TPSA) is 81.9 Å². The minimum atomic E-state index is -0.231. The standard InChI is InChI=1S/C18H18FN5O/c19-15-3-1-13(2-4-15)12-24-9-7-14(8-10-24)18(25)21-17-6-5-16(11-20)22-23-17/h1-6,14H,7-10,12H2,(H,21,23,25). The van der Waals surface area contributed by atoms with Gasteiger partial charge in [0, 0.05) is 12.5 Å². The molecule has 0 unspecified atom stereocenters. The van der Waals surface area contributed by atoms with E-state index in [9.17, 15) is 9.18 Å². The van der Waals surface area contributed by atoms with Crippen LogP contribution in [-0.2, 0) is 11.3 Å². The molecule has 2 heterocycles. The molecule has 0 bridgehead atoms. The highest BCUT2D eigenvalue weighted by atomic mass is 19.1. The molecule has 0 aliphatic carbocycles. The van der Waals surface area contributed by atoms with E-state index >= 15 is 0 Å². The number of hydrogen-bond donors (Lipinski definition) is 1. The summed E-state index contributed by atoms with van der Waals surface area (Å²) in [4.78, 5) is 14.6. The highest BCUT2D eigenvalue weighted by Gasteiger charge is 2.25. The van der Waals surface area contributed by atoms with Gasteiger partial charge in [-0.15, -0.1) is 10.2 Å². The van der Waals surface area contributed by atoms with Crippen LogP contribution in [0.4, 0.5) is 10.2 Å². The summed E-state index contributed by atoms with van der Waals surface area (Å²) >= 11 is 0. The van der Waals surface area contributed by atoms with Gasteiger partial charge >= 0.3 is 0 Å². The summed E-state index contributed by atoms with van der Waals surface area (Å²) in [5, 5.41) is 19.0. The fraction of sp³-hybridized carbons (Fsp3) is 0.333. The van der Waals surface area contributed by atoms with Crippen LogP contribution in [0.1, 0.15) is 24.1 Å². The molecule has 2 aromatic rings. The van der Waals surface area contributed by atoms with Gasteiger partial charge < -0.3 is 5.32 Å². The molecule has 1 saturated heterocycles. The molecule has 1 aromatic heterocycles. The maximum absolute atomic E-state index is 12.9. The number of piperidine rings is 1. The maximum atomic E-state index is 12.9. The average Bonchev–Trinajstić information content (AvgIpc) is 2.65. The predicted molar refractivity (Wildman–Crippen MR) is 89.8 cm³/mol. The molecule has 1 aromatic carbocycles. The van der Waals surface area contributed by atoms with E-state index in [4.69, 9.17) is 5.26 Å². The number of nitrogens with one attached hydrogen (secondary N) is 1. The van der Waals surface area contributed by atoms with Crippen LogP contribution in [0, 0.1) is 23.1 Å². The molecule has 1 amide bonds. The summed E-state index contributed by atoms with van der Waals surface area (Å²) in [6, 6.07) is 11.5.